The average molecular weight is 250 g/mol. The maximum absolute atomic E-state index is 13.7. The quantitative estimate of drug-likeness (QED) is 0.868. The fourth-order valence-electron chi connectivity index (χ4n) is 1.52. The molecule has 0 saturated heterocycles. The van der Waals surface area contributed by atoms with Gasteiger partial charge in [-0.2, -0.15) is 0 Å². The van der Waals surface area contributed by atoms with Gasteiger partial charge in [-0.1, -0.05) is 26.3 Å². The van der Waals surface area contributed by atoms with Crippen LogP contribution in [0.2, 0.25) is 0 Å². The summed E-state index contributed by atoms with van der Waals surface area (Å²) in [6.45, 7) is 5.46. The van der Waals surface area contributed by atoms with Crippen molar-refractivity contribution in [1.82, 2.24) is 0 Å². The van der Waals surface area contributed by atoms with Crippen LogP contribution in [-0.2, 0) is 0 Å². The molecule has 0 saturated carbocycles. The molecule has 0 aliphatic heterocycles. The topological polar surface area (TPSA) is 26.0 Å². The molecule has 92 valence electrons. The maximum atomic E-state index is 13.7. The number of hydrogen-bond donors (Lipinski definition) is 1. The first-order valence-corrected chi connectivity index (χ1v) is 5.19. The summed E-state index contributed by atoms with van der Waals surface area (Å²) in [6.07, 6.45) is 0.800. The molecule has 2 N–H and O–H groups in total. The molecule has 0 heterocycles. The second-order valence-corrected chi connectivity index (χ2v) is 4.00. The third-order valence-electron chi connectivity index (χ3n) is 2.91. The van der Waals surface area contributed by atoms with Gasteiger partial charge in [0.05, 0.1) is 0 Å². The summed E-state index contributed by atoms with van der Waals surface area (Å²) < 4.78 is 27.1. The molecule has 0 radical (unpaired) electrons. The predicted molar refractivity (Wildman–Crippen MR) is 64.7 cm³/mol. The Morgan fingerprint density at radius 1 is 1.31 bits per heavy atom. The molecule has 0 aliphatic rings. The molecule has 0 spiro atoms. The minimum atomic E-state index is -0.574. The van der Waals surface area contributed by atoms with E-state index in [0.29, 0.717) is 5.56 Å². The van der Waals surface area contributed by atoms with Crippen LogP contribution in [0.5, 0.6) is 0 Å². The largest absolute Gasteiger partial charge is 0.324 e. The van der Waals surface area contributed by atoms with E-state index in [0.717, 1.165) is 6.42 Å². The molecule has 0 amide bonds. The summed E-state index contributed by atoms with van der Waals surface area (Å²) in [5, 5.41) is 0. The SMILES string of the molecule is CCC(C)[C@H](N)c1c(F)ccc(C)c1F.Cl. The number of halogens is 3. The molecule has 4 heteroatoms. The molecule has 0 fully saturated rings. The Balaban J connectivity index is 0.00000225. The minimum absolute atomic E-state index is 0. The van der Waals surface area contributed by atoms with Crippen LogP contribution in [0.4, 0.5) is 8.78 Å². The van der Waals surface area contributed by atoms with Crippen LogP contribution in [0.3, 0.4) is 0 Å². The van der Waals surface area contributed by atoms with Crippen molar-refractivity contribution in [3.05, 3.63) is 34.9 Å². The molecule has 1 unspecified atom stereocenters. The van der Waals surface area contributed by atoms with E-state index >= 15 is 0 Å². The third-order valence-corrected chi connectivity index (χ3v) is 2.91. The summed E-state index contributed by atoms with van der Waals surface area (Å²) in [4.78, 5) is 0. The predicted octanol–water partition coefficient (Wildman–Crippen LogP) is 3.74. The van der Waals surface area contributed by atoms with Crippen LogP contribution in [-0.4, -0.2) is 0 Å². The molecule has 16 heavy (non-hydrogen) atoms. The van der Waals surface area contributed by atoms with E-state index in [4.69, 9.17) is 5.73 Å². The molecule has 0 aliphatic carbocycles. The highest BCUT2D eigenvalue weighted by Crippen LogP contribution is 2.27. The van der Waals surface area contributed by atoms with Crippen LogP contribution < -0.4 is 5.73 Å². The van der Waals surface area contributed by atoms with E-state index in [2.05, 4.69) is 0 Å². The maximum Gasteiger partial charge on any atom is 0.133 e. The highest BCUT2D eigenvalue weighted by atomic mass is 35.5. The highest BCUT2D eigenvalue weighted by molar-refractivity contribution is 5.85. The first-order chi connectivity index (χ1) is 6.99. The molecular formula is C12H18ClF2N. The van der Waals surface area contributed by atoms with Gasteiger partial charge in [-0.25, -0.2) is 8.78 Å². The van der Waals surface area contributed by atoms with E-state index in [1.54, 1.807) is 6.92 Å². The van der Waals surface area contributed by atoms with Gasteiger partial charge in [0.15, 0.2) is 0 Å². The lowest BCUT2D eigenvalue weighted by molar-refractivity contribution is 0.418. The first kappa shape index (κ1) is 15.3. The number of rotatable bonds is 3. The summed E-state index contributed by atoms with van der Waals surface area (Å²) >= 11 is 0. The Kier molecular flexibility index (Phi) is 5.90. The van der Waals surface area contributed by atoms with Crippen molar-refractivity contribution in [2.24, 2.45) is 11.7 Å². The fraction of sp³-hybridized carbons (Fsp3) is 0.500. The Bertz CT molecular complexity index is 355. The van der Waals surface area contributed by atoms with Crippen LogP contribution in [0.15, 0.2) is 12.1 Å². The van der Waals surface area contributed by atoms with Crippen LogP contribution in [0, 0.1) is 24.5 Å². The lowest BCUT2D eigenvalue weighted by Crippen LogP contribution is -2.21. The Morgan fingerprint density at radius 2 is 1.88 bits per heavy atom. The monoisotopic (exact) mass is 249 g/mol. The van der Waals surface area contributed by atoms with E-state index in [9.17, 15) is 8.78 Å². The third kappa shape index (κ3) is 2.92. The molecule has 1 aromatic rings. The highest BCUT2D eigenvalue weighted by Gasteiger charge is 2.22. The number of hydrogen-bond acceptors (Lipinski definition) is 1. The zero-order chi connectivity index (χ0) is 11.6. The summed E-state index contributed by atoms with van der Waals surface area (Å²) in [5.74, 6) is -0.996. The van der Waals surface area contributed by atoms with E-state index in [1.165, 1.54) is 12.1 Å². The summed E-state index contributed by atoms with van der Waals surface area (Å²) in [5.41, 5.74) is 6.29. The first-order valence-electron chi connectivity index (χ1n) is 5.19. The Hall–Kier alpha value is -0.670. The van der Waals surface area contributed by atoms with Crippen molar-refractivity contribution in [1.29, 1.82) is 0 Å². The minimum Gasteiger partial charge on any atom is -0.324 e. The van der Waals surface area contributed by atoms with Crippen molar-refractivity contribution in [3.8, 4) is 0 Å². The Labute approximate surface area is 101 Å². The van der Waals surface area contributed by atoms with Gasteiger partial charge in [0.2, 0.25) is 0 Å². The van der Waals surface area contributed by atoms with Crippen LogP contribution in [0.25, 0.3) is 0 Å². The molecular weight excluding hydrogens is 232 g/mol. The van der Waals surface area contributed by atoms with Crippen molar-refractivity contribution in [3.63, 3.8) is 0 Å². The lowest BCUT2D eigenvalue weighted by Gasteiger charge is -2.20. The second kappa shape index (κ2) is 6.16. The van der Waals surface area contributed by atoms with E-state index < -0.39 is 17.7 Å². The fourth-order valence-corrected chi connectivity index (χ4v) is 1.52. The van der Waals surface area contributed by atoms with Gasteiger partial charge < -0.3 is 5.73 Å². The normalized spacial score (nSPS) is 14.1. The lowest BCUT2D eigenvalue weighted by atomic mass is 9.91. The van der Waals surface area contributed by atoms with Crippen molar-refractivity contribution in [2.75, 3.05) is 0 Å². The number of benzene rings is 1. The summed E-state index contributed by atoms with van der Waals surface area (Å²) in [6, 6.07) is 2.13. The number of aryl methyl sites for hydroxylation is 1. The second-order valence-electron chi connectivity index (χ2n) is 4.00. The van der Waals surface area contributed by atoms with E-state index in [-0.39, 0.29) is 23.9 Å². The Morgan fingerprint density at radius 3 is 2.38 bits per heavy atom. The molecule has 1 rings (SSSR count). The molecule has 0 aromatic heterocycles. The van der Waals surface area contributed by atoms with Crippen molar-refractivity contribution in [2.45, 2.75) is 33.2 Å². The van der Waals surface area contributed by atoms with E-state index in [1.807, 2.05) is 13.8 Å². The molecule has 1 aromatic carbocycles. The summed E-state index contributed by atoms with van der Waals surface area (Å²) in [7, 11) is 0. The number of nitrogens with two attached hydrogens (primary N) is 1. The van der Waals surface area contributed by atoms with Crippen LogP contribution in [0.1, 0.15) is 37.4 Å². The average Bonchev–Trinajstić information content (AvgIpc) is 2.22. The van der Waals surface area contributed by atoms with Gasteiger partial charge in [-0.15, -0.1) is 12.4 Å². The van der Waals surface area contributed by atoms with Crippen molar-refractivity contribution < 1.29 is 8.78 Å². The van der Waals surface area contributed by atoms with Crippen LogP contribution >= 0.6 is 12.4 Å². The zero-order valence-electron chi connectivity index (χ0n) is 9.76. The smallest absolute Gasteiger partial charge is 0.133 e. The molecule has 0 bridgehead atoms. The standard InChI is InChI=1S/C12H17F2N.ClH/c1-4-7(2)12(15)10-9(13)6-5-8(3)11(10)14;/h5-7,12H,4,15H2,1-3H3;1H/t7?,12-;/m0./s1. The van der Waals surface area contributed by atoms with Gasteiger partial charge in [0.25, 0.3) is 0 Å². The van der Waals surface area contributed by atoms with Gasteiger partial charge in [0, 0.05) is 11.6 Å². The van der Waals surface area contributed by atoms with Gasteiger partial charge >= 0.3 is 0 Å². The van der Waals surface area contributed by atoms with Gasteiger partial charge in [-0.3, -0.25) is 0 Å². The molecule has 1 nitrogen and oxygen atoms in total. The van der Waals surface area contributed by atoms with Gasteiger partial charge in [-0.05, 0) is 24.5 Å². The zero-order valence-corrected chi connectivity index (χ0v) is 10.6. The van der Waals surface area contributed by atoms with Gasteiger partial charge in [0.1, 0.15) is 11.6 Å². The van der Waals surface area contributed by atoms with Crippen molar-refractivity contribution >= 4 is 12.4 Å². The molecule has 2 atom stereocenters.